The number of fused-ring (bicyclic) bond motifs is 1. The molecule has 2 nitrogen and oxygen atoms in total. The molecule has 1 aromatic rings. The Kier molecular flexibility index (Phi) is 5.24. The van der Waals surface area contributed by atoms with Crippen LogP contribution in [0.4, 0.5) is 0 Å². The number of alkyl halides is 1. The third-order valence-electron chi connectivity index (χ3n) is 3.46. The van der Waals surface area contributed by atoms with E-state index >= 15 is 0 Å². The van der Waals surface area contributed by atoms with Crippen molar-refractivity contribution in [3.8, 4) is 0 Å². The summed E-state index contributed by atoms with van der Waals surface area (Å²) in [6, 6.07) is 6.14. The molecule has 3 heteroatoms. The normalized spacial score (nSPS) is 13.4. The van der Waals surface area contributed by atoms with E-state index < -0.39 is 0 Å². The molecule has 0 saturated heterocycles. The van der Waals surface area contributed by atoms with Crippen molar-refractivity contribution in [1.82, 2.24) is 5.32 Å². The Hall–Kier alpha value is -0.830. The lowest BCUT2D eigenvalue weighted by Crippen LogP contribution is -2.24. The zero-order valence-electron chi connectivity index (χ0n) is 10.7. The second-order valence-corrected chi connectivity index (χ2v) is 5.64. The number of benzene rings is 1. The van der Waals surface area contributed by atoms with Crippen LogP contribution in [-0.2, 0) is 12.8 Å². The van der Waals surface area contributed by atoms with Gasteiger partial charge in [0.05, 0.1) is 0 Å². The first kappa shape index (κ1) is 13.6. The van der Waals surface area contributed by atoms with Gasteiger partial charge in [0.25, 0.3) is 5.91 Å². The average molecular weight is 310 g/mol. The number of carbonyl (C=O) groups is 1. The third-order valence-corrected chi connectivity index (χ3v) is 4.02. The van der Waals surface area contributed by atoms with E-state index in [1.165, 1.54) is 30.4 Å². The van der Waals surface area contributed by atoms with E-state index in [-0.39, 0.29) is 5.91 Å². The molecule has 18 heavy (non-hydrogen) atoms. The summed E-state index contributed by atoms with van der Waals surface area (Å²) in [5.41, 5.74) is 3.60. The summed E-state index contributed by atoms with van der Waals surface area (Å²) in [5.74, 6) is 0.0727. The number of aryl methyl sites for hydroxylation is 2. The van der Waals surface area contributed by atoms with Gasteiger partial charge in [0.2, 0.25) is 0 Å². The molecular weight excluding hydrogens is 290 g/mol. The summed E-state index contributed by atoms with van der Waals surface area (Å²) < 4.78 is 0. The van der Waals surface area contributed by atoms with Gasteiger partial charge < -0.3 is 5.32 Å². The Morgan fingerprint density at radius 1 is 1.17 bits per heavy atom. The largest absolute Gasteiger partial charge is 0.352 e. The Morgan fingerprint density at radius 2 is 2.00 bits per heavy atom. The fourth-order valence-electron chi connectivity index (χ4n) is 2.41. The van der Waals surface area contributed by atoms with Crippen molar-refractivity contribution in [3.63, 3.8) is 0 Å². The highest BCUT2D eigenvalue weighted by atomic mass is 79.9. The molecule has 0 spiro atoms. The predicted octanol–water partition coefficient (Wildman–Crippen LogP) is 3.47. The minimum Gasteiger partial charge on any atom is -0.352 e. The molecule has 1 amide bonds. The highest BCUT2D eigenvalue weighted by Crippen LogP contribution is 2.22. The SMILES string of the molecule is O=C(NCCCCCBr)c1ccc2c(c1)CCC2. The fraction of sp³-hybridized carbons (Fsp3) is 0.533. The Morgan fingerprint density at radius 3 is 2.83 bits per heavy atom. The summed E-state index contributed by atoms with van der Waals surface area (Å²) in [6.45, 7) is 0.781. The number of amides is 1. The lowest BCUT2D eigenvalue weighted by Gasteiger charge is -2.06. The molecule has 1 aromatic carbocycles. The van der Waals surface area contributed by atoms with Gasteiger partial charge in [-0.15, -0.1) is 0 Å². The number of rotatable bonds is 6. The zero-order valence-corrected chi connectivity index (χ0v) is 12.3. The molecule has 1 N–H and O–H groups in total. The molecule has 0 aliphatic heterocycles. The Balaban J connectivity index is 1.82. The van der Waals surface area contributed by atoms with Gasteiger partial charge in [0.1, 0.15) is 0 Å². The highest BCUT2D eigenvalue weighted by Gasteiger charge is 2.13. The molecule has 0 bridgehead atoms. The zero-order chi connectivity index (χ0) is 12.8. The lowest BCUT2D eigenvalue weighted by atomic mass is 10.1. The first-order valence-electron chi connectivity index (χ1n) is 6.77. The molecule has 0 atom stereocenters. The van der Waals surface area contributed by atoms with Gasteiger partial charge in [-0.3, -0.25) is 4.79 Å². The number of halogens is 1. The van der Waals surface area contributed by atoms with Gasteiger partial charge in [0, 0.05) is 17.4 Å². The van der Waals surface area contributed by atoms with Gasteiger partial charge in [0.15, 0.2) is 0 Å². The van der Waals surface area contributed by atoms with Crippen molar-refractivity contribution < 1.29 is 4.79 Å². The molecule has 0 fully saturated rings. The molecule has 0 saturated carbocycles. The molecule has 2 rings (SSSR count). The van der Waals surface area contributed by atoms with Crippen LogP contribution in [0.1, 0.15) is 47.2 Å². The van der Waals surface area contributed by atoms with E-state index in [0.29, 0.717) is 0 Å². The molecule has 0 aromatic heterocycles. The predicted molar refractivity (Wildman–Crippen MR) is 78.4 cm³/mol. The number of carbonyl (C=O) groups excluding carboxylic acids is 1. The third kappa shape index (κ3) is 3.58. The first-order valence-corrected chi connectivity index (χ1v) is 7.89. The molecular formula is C15H20BrNO. The van der Waals surface area contributed by atoms with Crippen molar-refractivity contribution in [1.29, 1.82) is 0 Å². The standard InChI is InChI=1S/C15H20BrNO/c16-9-2-1-3-10-17-15(18)14-8-7-12-5-4-6-13(12)11-14/h7-8,11H,1-6,9-10H2,(H,17,18). The second kappa shape index (κ2) is 6.93. The van der Waals surface area contributed by atoms with Gasteiger partial charge in [-0.25, -0.2) is 0 Å². The van der Waals surface area contributed by atoms with Crippen LogP contribution in [-0.4, -0.2) is 17.8 Å². The molecule has 1 aliphatic rings. The maximum absolute atomic E-state index is 12.0. The first-order chi connectivity index (χ1) is 8.81. The fourth-order valence-corrected chi connectivity index (χ4v) is 2.81. The van der Waals surface area contributed by atoms with Crippen molar-refractivity contribution in [2.45, 2.75) is 38.5 Å². The number of hydrogen-bond donors (Lipinski definition) is 1. The van der Waals surface area contributed by atoms with E-state index in [2.05, 4.69) is 33.4 Å². The lowest BCUT2D eigenvalue weighted by molar-refractivity contribution is 0.0953. The van der Waals surface area contributed by atoms with Crippen LogP contribution in [0.25, 0.3) is 0 Å². The van der Waals surface area contributed by atoms with Gasteiger partial charge in [-0.1, -0.05) is 28.4 Å². The van der Waals surface area contributed by atoms with E-state index in [1.807, 2.05) is 6.07 Å². The average Bonchev–Trinajstić information content (AvgIpc) is 2.85. The van der Waals surface area contributed by atoms with Crippen LogP contribution in [0, 0.1) is 0 Å². The topological polar surface area (TPSA) is 29.1 Å². The van der Waals surface area contributed by atoms with Crippen molar-refractivity contribution in [2.75, 3.05) is 11.9 Å². The maximum Gasteiger partial charge on any atom is 0.251 e. The van der Waals surface area contributed by atoms with Gasteiger partial charge in [-0.2, -0.15) is 0 Å². The van der Waals surface area contributed by atoms with Crippen molar-refractivity contribution >= 4 is 21.8 Å². The molecule has 0 unspecified atom stereocenters. The van der Waals surface area contributed by atoms with E-state index in [0.717, 1.165) is 36.7 Å². The summed E-state index contributed by atoms with van der Waals surface area (Å²) in [4.78, 5) is 12.0. The monoisotopic (exact) mass is 309 g/mol. The number of hydrogen-bond acceptors (Lipinski definition) is 1. The highest BCUT2D eigenvalue weighted by molar-refractivity contribution is 9.09. The summed E-state index contributed by atoms with van der Waals surface area (Å²) >= 11 is 3.41. The van der Waals surface area contributed by atoms with Crippen LogP contribution in [0.5, 0.6) is 0 Å². The van der Waals surface area contributed by atoms with Crippen LogP contribution in [0.2, 0.25) is 0 Å². The van der Waals surface area contributed by atoms with Crippen molar-refractivity contribution in [3.05, 3.63) is 34.9 Å². The minimum atomic E-state index is 0.0727. The van der Waals surface area contributed by atoms with Crippen LogP contribution in [0.15, 0.2) is 18.2 Å². The van der Waals surface area contributed by atoms with Crippen molar-refractivity contribution in [2.24, 2.45) is 0 Å². The quantitative estimate of drug-likeness (QED) is 0.632. The smallest absolute Gasteiger partial charge is 0.251 e. The minimum absolute atomic E-state index is 0.0727. The molecule has 98 valence electrons. The van der Waals surface area contributed by atoms with E-state index in [1.54, 1.807) is 0 Å². The Labute approximate surface area is 117 Å². The van der Waals surface area contributed by atoms with E-state index in [9.17, 15) is 4.79 Å². The van der Waals surface area contributed by atoms with Crippen LogP contribution in [0.3, 0.4) is 0 Å². The maximum atomic E-state index is 12.0. The summed E-state index contributed by atoms with van der Waals surface area (Å²) in [6.07, 6.45) is 6.92. The number of unbranched alkanes of at least 4 members (excludes halogenated alkanes) is 2. The summed E-state index contributed by atoms with van der Waals surface area (Å²) in [5, 5.41) is 4.04. The Bertz CT molecular complexity index is 417. The second-order valence-electron chi connectivity index (χ2n) is 4.84. The molecule has 0 heterocycles. The molecule has 0 radical (unpaired) electrons. The summed E-state index contributed by atoms with van der Waals surface area (Å²) in [7, 11) is 0. The van der Waals surface area contributed by atoms with E-state index in [4.69, 9.17) is 0 Å². The number of nitrogens with one attached hydrogen (secondary N) is 1. The van der Waals surface area contributed by atoms with Gasteiger partial charge >= 0.3 is 0 Å². The molecule has 1 aliphatic carbocycles. The van der Waals surface area contributed by atoms with Crippen LogP contribution < -0.4 is 5.32 Å². The van der Waals surface area contributed by atoms with Gasteiger partial charge in [-0.05, 0) is 55.4 Å². The van der Waals surface area contributed by atoms with Crippen LogP contribution >= 0.6 is 15.9 Å².